The fourth-order valence-electron chi connectivity index (χ4n) is 7.25. The zero-order valence-electron chi connectivity index (χ0n) is 27.1. The molecular formula is C45H31N3OSi-. The molecule has 0 saturated heterocycles. The molecule has 9 rings (SSSR count). The van der Waals surface area contributed by atoms with E-state index < -0.39 is 8.07 Å². The molecule has 9 aromatic rings. The molecule has 0 fully saturated rings. The Bertz CT molecular complexity index is 2420. The summed E-state index contributed by atoms with van der Waals surface area (Å²) in [6.45, 7) is 0. The number of fused-ring (bicyclic) bond motifs is 3. The molecule has 0 unspecified atom stereocenters. The molecule has 0 aliphatic rings. The van der Waals surface area contributed by atoms with Gasteiger partial charge in [-0.25, -0.2) is 15.0 Å². The van der Waals surface area contributed by atoms with Crippen LogP contribution in [0, 0.1) is 0 Å². The van der Waals surface area contributed by atoms with Crippen LogP contribution in [-0.4, -0.2) is 23.0 Å². The van der Waals surface area contributed by atoms with Crippen molar-refractivity contribution < 1.29 is 4.42 Å². The molecule has 0 bridgehead atoms. The monoisotopic (exact) mass is 657 g/mol. The number of hydrogen-bond donors (Lipinski definition) is 0. The molecule has 0 aliphatic carbocycles. The lowest BCUT2D eigenvalue weighted by molar-refractivity contribution is 0.669. The number of aromatic nitrogens is 3. The van der Waals surface area contributed by atoms with Crippen LogP contribution in [0.15, 0.2) is 192 Å². The molecule has 0 radical (unpaired) electrons. The summed E-state index contributed by atoms with van der Waals surface area (Å²) >= 11 is 0. The van der Waals surface area contributed by atoms with E-state index in [9.17, 15) is 0 Å². The molecule has 5 heteroatoms. The van der Waals surface area contributed by atoms with Gasteiger partial charge in [0.25, 0.3) is 0 Å². The Labute approximate surface area is 291 Å². The van der Waals surface area contributed by atoms with Gasteiger partial charge < -0.3 is 4.42 Å². The van der Waals surface area contributed by atoms with E-state index in [0.29, 0.717) is 17.5 Å². The molecule has 4 nitrogen and oxygen atoms in total. The standard InChI is InChI=1S/C45H31N3OSi/c1-6-18-32(19-7-1)43-46-44(33-20-8-2-9-21-33)48-45(47-43)34-30-40-42(38-28-16-17-29-39(38)49-40)41(31-34)50(35-22-10-3-11-23-35,36-24-12-4-13-25-36)37-26-14-5-15-27-37/h1-31H/q-1. The highest BCUT2D eigenvalue weighted by atomic mass is 28.3. The fourth-order valence-corrected chi connectivity index (χ4v) is 12.3. The number of hydrogen-bond acceptors (Lipinski definition) is 4. The molecule has 237 valence electrons. The number of rotatable bonds is 7. The van der Waals surface area contributed by atoms with Crippen molar-refractivity contribution in [1.29, 1.82) is 0 Å². The first kappa shape index (κ1) is 29.7. The molecule has 0 spiro atoms. The van der Waals surface area contributed by atoms with Crippen molar-refractivity contribution >= 4 is 50.8 Å². The lowest BCUT2D eigenvalue weighted by Gasteiger charge is -2.47. The predicted octanol–water partition coefficient (Wildman–Crippen LogP) is 8.15. The van der Waals surface area contributed by atoms with Gasteiger partial charge in [-0.3, -0.25) is 0 Å². The average Bonchev–Trinajstić information content (AvgIpc) is 3.59. The Morgan fingerprint density at radius 2 is 0.760 bits per heavy atom. The summed E-state index contributed by atoms with van der Waals surface area (Å²) in [4.78, 5) is 15.3. The van der Waals surface area contributed by atoms with Crippen molar-refractivity contribution in [1.82, 2.24) is 15.0 Å². The third-order valence-electron chi connectivity index (χ3n) is 9.46. The molecule has 2 heterocycles. The highest BCUT2D eigenvalue weighted by Gasteiger charge is 2.31. The van der Waals surface area contributed by atoms with E-state index >= 15 is 0 Å². The first-order chi connectivity index (χ1) is 24.8. The number of furan rings is 1. The van der Waals surface area contributed by atoms with Gasteiger partial charge in [0.2, 0.25) is 0 Å². The summed E-state index contributed by atoms with van der Waals surface area (Å²) in [6, 6.07) is 66.0. The van der Waals surface area contributed by atoms with Crippen LogP contribution in [0.5, 0.6) is 0 Å². The van der Waals surface area contributed by atoms with E-state index in [0.717, 1.165) is 38.6 Å². The van der Waals surface area contributed by atoms with Crippen molar-refractivity contribution in [2.75, 3.05) is 0 Å². The van der Waals surface area contributed by atoms with E-state index in [1.165, 1.54) is 20.7 Å². The summed E-state index contributed by atoms with van der Waals surface area (Å²) in [6.07, 6.45) is 0. The van der Waals surface area contributed by atoms with E-state index in [-0.39, 0.29) is 0 Å². The first-order valence-corrected chi connectivity index (χ1v) is 18.8. The number of nitrogens with zero attached hydrogens (tertiary/aromatic N) is 3. The van der Waals surface area contributed by atoms with E-state index in [1.54, 1.807) is 0 Å². The van der Waals surface area contributed by atoms with E-state index in [1.807, 2.05) is 66.7 Å². The summed E-state index contributed by atoms with van der Waals surface area (Å²) < 4.78 is 6.74. The van der Waals surface area contributed by atoms with Crippen LogP contribution < -0.4 is 20.7 Å². The van der Waals surface area contributed by atoms with Gasteiger partial charge in [-0.2, -0.15) is 20.7 Å². The van der Waals surface area contributed by atoms with Crippen molar-refractivity contribution in [2.24, 2.45) is 0 Å². The smallest absolute Gasteiger partial charge is 0.164 e. The summed E-state index contributed by atoms with van der Waals surface area (Å²) in [5.74, 6) is 1.84. The minimum absolute atomic E-state index is 0.596. The molecule has 7 aromatic carbocycles. The second-order valence-corrected chi connectivity index (χ2v) is 16.2. The Morgan fingerprint density at radius 3 is 1.24 bits per heavy atom. The highest BCUT2D eigenvalue weighted by Crippen LogP contribution is 2.33. The van der Waals surface area contributed by atoms with Crippen LogP contribution in [0.4, 0.5) is 0 Å². The largest absolute Gasteiger partial charge is 0.456 e. The zero-order valence-corrected chi connectivity index (χ0v) is 28.1. The van der Waals surface area contributed by atoms with Crippen LogP contribution in [-0.2, 0) is 0 Å². The summed E-state index contributed by atoms with van der Waals surface area (Å²) in [7, 11) is -3.00. The fraction of sp³-hybridized carbons (Fsp3) is 0. The van der Waals surface area contributed by atoms with Crippen molar-refractivity contribution in [3.05, 3.63) is 188 Å². The van der Waals surface area contributed by atoms with Gasteiger partial charge in [0, 0.05) is 22.1 Å². The minimum atomic E-state index is -3.00. The first-order valence-electron chi connectivity index (χ1n) is 16.8. The second kappa shape index (κ2) is 12.5. The highest BCUT2D eigenvalue weighted by molar-refractivity contribution is 7.20. The number of benzene rings is 7. The second-order valence-electron chi connectivity index (χ2n) is 12.4. The molecule has 2 aromatic heterocycles. The quantitative estimate of drug-likeness (QED) is 0.128. The molecular weight excluding hydrogens is 627 g/mol. The lowest BCUT2D eigenvalue weighted by Crippen LogP contribution is -2.74. The van der Waals surface area contributed by atoms with Gasteiger partial charge in [0.1, 0.15) is 11.2 Å². The van der Waals surface area contributed by atoms with Gasteiger partial charge in [0.05, 0.1) is 0 Å². The van der Waals surface area contributed by atoms with Crippen LogP contribution in [0.25, 0.3) is 56.1 Å². The molecule has 0 saturated carbocycles. The Balaban J connectivity index is 1.43. The van der Waals surface area contributed by atoms with Crippen molar-refractivity contribution in [3.63, 3.8) is 0 Å². The van der Waals surface area contributed by atoms with E-state index in [2.05, 4.69) is 121 Å². The van der Waals surface area contributed by atoms with Crippen LogP contribution in [0.1, 0.15) is 0 Å². The maximum absolute atomic E-state index is 6.74. The topological polar surface area (TPSA) is 51.8 Å². The van der Waals surface area contributed by atoms with E-state index in [4.69, 9.17) is 19.4 Å². The van der Waals surface area contributed by atoms with Crippen molar-refractivity contribution in [3.8, 4) is 34.2 Å². The average molecular weight is 658 g/mol. The Hall–Kier alpha value is -6.43. The van der Waals surface area contributed by atoms with Gasteiger partial charge in [0.15, 0.2) is 17.5 Å². The minimum Gasteiger partial charge on any atom is -0.456 e. The lowest BCUT2D eigenvalue weighted by atomic mass is 10.1. The summed E-state index contributed by atoms with van der Waals surface area (Å²) in [5.41, 5.74) is 4.40. The SMILES string of the molecule is c1ccc(-c2nc(-c3ccccc3)nc(-c3cc([Si-](c4ccccc4)(c4ccccc4)c4ccccc4)c4c(c3)oc3ccccc34)n2)cc1. The third-order valence-corrected chi connectivity index (χ3v) is 14.3. The molecule has 0 amide bonds. The van der Waals surface area contributed by atoms with Gasteiger partial charge >= 0.3 is 0 Å². The summed E-state index contributed by atoms with van der Waals surface area (Å²) in [5, 5.41) is 7.29. The van der Waals surface area contributed by atoms with Crippen LogP contribution in [0.2, 0.25) is 0 Å². The van der Waals surface area contributed by atoms with Gasteiger partial charge in [-0.1, -0.05) is 176 Å². The van der Waals surface area contributed by atoms with Crippen LogP contribution >= 0.6 is 0 Å². The number of para-hydroxylation sites is 1. The molecule has 0 N–H and O–H groups in total. The van der Waals surface area contributed by atoms with Crippen molar-refractivity contribution in [2.45, 2.75) is 0 Å². The van der Waals surface area contributed by atoms with Gasteiger partial charge in [-0.05, 0) is 25.6 Å². The zero-order chi connectivity index (χ0) is 33.3. The molecule has 50 heavy (non-hydrogen) atoms. The maximum atomic E-state index is 6.74. The molecule has 0 aliphatic heterocycles. The normalized spacial score (nSPS) is 11.6. The van der Waals surface area contributed by atoms with Crippen LogP contribution in [0.3, 0.4) is 0 Å². The Kier molecular flexibility index (Phi) is 7.45. The third kappa shape index (κ3) is 5.03. The predicted molar refractivity (Wildman–Crippen MR) is 207 cm³/mol. The van der Waals surface area contributed by atoms with Gasteiger partial charge in [-0.15, -0.1) is 0 Å². The maximum Gasteiger partial charge on any atom is 0.164 e. The molecule has 0 atom stereocenters. The Morgan fingerprint density at radius 1 is 0.360 bits per heavy atom.